The lowest BCUT2D eigenvalue weighted by Gasteiger charge is -2.02. The highest BCUT2D eigenvalue weighted by Gasteiger charge is 1.96. The first-order valence-corrected chi connectivity index (χ1v) is 8.69. The fraction of sp³-hybridized carbons (Fsp3) is 0.381. The van der Waals surface area contributed by atoms with Gasteiger partial charge in [-0.15, -0.1) is 0 Å². The van der Waals surface area contributed by atoms with Crippen LogP contribution in [0.4, 0.5) is 0 Å². The Morgan fingerprint density at radius 1 is 0.833 bits per heavy atom. The van der Waals surface area contributed by atoms with Crippen LogP contribution in [0, 0.1) is 0 Å². The molecule has 0 aliphatic heterocycles. The Kier molecular flexibility index (Phi) is 10.0. The Balaban J connectivity index is 0.000000272. The van der Waals surface area contributed by atoms with E-state index in [1.165, 1.54) is 44.1 Å². The number of benzene rings is 2. The van der Waals surface area contributed by atoms with Crippen molar-refractivity contribution in [3.8, 4) is 5.75 Å². The molecule has 0 fully saturated rings. The zero-order chi connectivity index (χ0) is 17.6. The summed E-state index contributed by atoms with van der Waals surface area (Å²) in [6.45, 7) is 2.25. The van der Waals surface area contributed by atoms with Gasteiger partial charge in [-0.3, -0.25) is 0 Å². The maximum atomic E-state index is 10.2. The molecule has 0 amide bonds. The van der Waals surface area contributed by atoms with Gasteiger partial charge in [0.2, 0.25) is 0 Å². The lowest BCUT2D eigenvalue weighted by atomic mass is 10.1. The molecule has 0 radical (unpaired) electrons. The summed E-state index contributed by atoms with van der Waals surface area (Å²) in [7, 11) is 0. The zero-order valence-corrected chi connectivity index (χ0v) is 14.4. The van der Waals surface area contributed by atoms with Crippen LogP contribution in [-0.4, -0.2) is 16.2 Å². The molecule has 130 valence electrons. The summed E-state index contributed by atoms with van der Waals surface area (Å²) >= 11 is 0. The fourth-order valence-corrected chi connectivity index (χ4v) is 2.35. The third-order valence-corrected chi connectivity index (χ3v) is 3.78. The summed E-state index contributed by atoms with van der Waals surface area (Å²) in [6, 6.07) is 15.9. The van der Waals surface area contributed by atoms with Crippen molar-refractivity contribution in [1.29, 1.82) is 0 Å². The Labute approximate surface area is 145 Å². The lowest BCUT2D eigenvalue weighted by Crippen LogP contribution is -1.93. The number of hydrogen-bond acceptors (Lipinski definition) is 2. The number of unbranched alkanes of at least 4 members (excludes halogenated alkanes) is 5. The number of phenolic OH excluding ortho intramolecular Hbond substituents is 1. The van der Waals surface area contributed by atoms with Gasteiger partial charge >= 0.3 is 5.97 Å². The average molecular weight is 328 g/mol. The molecular formula is C21H28O3. The van der Waals surface area contributed by atoms with Crippen molar-refractivity contribution in [2.45, 2.75) is 51.9 Å². The predicted octanol–water partition coefficient (Wildman–Crippen LogP) is 5.68. The van der Waals surface area contributed by atoms with Crippen molar-refractivity contribution in [3.63, 3.8) is 0 Å². The second-order valence-electron chi connectivity index (χ2n) is 5.86. The minimum Gasteiger partial charge on any atom is -0.508 e. The molecule has 0 spiro atoms. The number of aromatic hydroxyl groups is 1. The number of aromatic carboxylic acids is 1. The van der Waals surface area contributed by atoms with Gasteiger partial charge in [0.1, 0.15) is 5.75 Å². The van der Waals surface area contributed by atoms with E-state index in [1.54, 1.807) is 42.5 Å². The van der Waals surface area contributed by atoms with Crippen molar-refractivity contribution in [3.05, 3.63) is 65.7 Å². The second kappa shape index (κ2) is 12.2. The normalized spacial score (nSPS) is 9.88. The van der Waals surface area contributed by atoms with Crippen LogP contribution >= 0.6 is 0 Å². The molecule has 2 aromatic rings. The first kappa shape index (κ1) is 19.8. The Morgan fingerprint density at radius 3 is 1.96 bits per heavy atom. The SMILES string of the molecule is CCCCCCCCc1ccc(O)cc1.O=C(O)c1ccccc1. The molecule has 0 saturated heterocycles. The van der Waals surface area contributed by atoms with E-state index in [1.807, 2.05) is 12.1 Å². The quantitative estimate of drug-likeness (QED) is 0.613. The number of carbonyl (C=O) groups is 1. The van der Waals surface area contributed by atoms with Crippen molar-refractivity contribution in [2.75, 3.05) is 0 Å². The van der Waals surface area contributed by atoms with Crippen molar-refractivity contribution in [2.24, 2.45) is 0 Å². The van der Waals surface area contributed by atoms with E-state index in [9.17, 15) is 4.79 Å². The maximum Gasteiger partial charge on any atom is 0.335 e. The summed E-state index contributed by atoms with van der Waals surface area (Å²) in [6.07, 6.45) is 9.19. The molecule has 24 heavy (non-hydrogen) atoms. The van der Waals surface area contributed by atoms with Gasteiger partial charge in [0, 0.05) is 0 Å². The molecule has 3 heteroatoms. The van der Waals surface area contributed by atoms with Gasteiger partial charge < -0.3 is 10.2 Å². The first-order valence-electron chi connectivity index (χ1n) is 8.69. The van der Waals surface area contributed by atoms with Crippen molar-refractivity contribution >= 4 is 5.97 Å². The number of carboxylic acids is 1. The lowest BCUT2D eigenvalue weighted by molar-refractivity contribution is 0.0697. The molecule has 0 aliphatic rings. The minimum atomic E-state index is -0.879. The van der Waals surface area contributed by atoms with Crippen LogP contribution in [0.2, 0.25) is 0 Å². The Hall–Kier alpha value is -2.29. The van der Waals surface area contributed by atoms with E-state index >= 15 is 0 Å². The predicted molar refractivity (Wildman–Crippen MR) is 98.6 cm³/mol. The van der Waals surface area contributed by atoms with Gasteiger partial charge in [0.05, 0.1) is 5.56 Å². The van der Waals surface area contributed by atoms with E-state index < -0.39 is 5.97 Å². The smallest absolute Gasteiger partial charge is 0.335 e. The van der Waals surface area contributed by atoms with E-state index in [-0.39, 0.29) is 0 Å². The maximum absolute atomic E-state index is 10.2. The summed E-state index contributed by atoms with van der Waals surface area (Å²) in [5.74, 6) is -0.516. The van der Waals surface area contributed by atoms with Gasteiger partial charge in [0.15, 0.2) is 0 Å². The largest absolute Gasteiger partial charge is 0.508 e. The summed E-state index contributed by atoms with van der Waals surface area (Å²) in [5, 5.41) is 17.5. The van der Waals surface area contributed by atoms with Crippen LogP contribution in [0.3, 0.4) is 0 Å². The summed E-state index contributed by atoms with van der Waals surface area (Å²) in [4.78, 5) is 10.2. The highest BCUT2D eigenvalue weighted by molar-refractivity contribution is 5.87. The summed E-state index contributed by atoms with van der Waals surface area (Å²) in [5.41, 5.74) is 1.67. The number of carboxylic acid groups (broad SMARTS) is 1. The van der Waals surface area contributed by atoms with Crippen molar-refractivity contribution < 1.29 is 15.0 Å². The van der Waals surface area contributed by atoms with Gasteiger partial charge in [-0.1, -0.05) is 69.4 Å². The van der Waals surface area contributed by atoms with Crippen LogP contribution in [0.25, 0.3) is 0 Å². The molecule has 2 aromatic carbocycles. The van der Waals surface area contributed by atoms with Crippen LogP contribution in [0.1, 0.15) is 61.4 Å². The molecule has 0 heterocycles. The second-order valence-corrected chi connectivity index (χ2v) is 5.86. The third-order valence-electron chi connectivity index (χ3n) is 3.78. The highest BCUT2D eigenvalue weighted by Crippen LogP contribution is 2.13. The summed E-state index contributed by atoms with van der Waals surface area (Å²) < 4.78 is 0. The first-order chi connectivity index (χ1) is 11.6. The van der Waals surface area contributed by atoms with Gasteiger partial charge in [-0.05, 0) is 42.7 Å². The number of rotatable bonds is 8. The molecule has 2 N–H and O–H groups in total. The van der Waals surface area contributed by atoms with Gasteiger partial charge in [-0.2, -0.15) is 0 Å². The topological polar surface area (TPSA) is 57.5 Å². The monoisotopic (exact) mass is 328 g/mol. The molecule has 0 saturated carbocycles. The molecule has 3 nitrogen and oxygen atoms in total. The Morgan fingerprint density at radius 2 is 1.42 bits per heavy atom. The molecule has 0 aromatic heterocycles. The van der Waals surface area contributed by atoms with Crippen LogP contribution in [0.15, 0.2) is 54.6 Å². The number of aryl methyl sites for hydroxylation is 1. The van der Waals surface area contributed by atoms with E-state index in [4.69, 9.17) is 10.2 Å². The van der Waals surface area contributed by atoms with E-state index in [0.717, 1.165) is 6.42 Å². The van der Waals surface area contributed by atoms with Gasteiger partial charge in [-0.25, -0.2) is 4.79 Å². The third kappa shape index (κ3) is 8.99. The molecule has 0 bridgehead atoms. The van der Waals surface area contributed by atoms with Crippen LogP contribution < -0.4 is 0 Å². The number of phenols is 1. The van der Waals surface area contributed by atoms with Gasteiger partial charge in [0.25, 0.3) is 0 Å². The van der Waals surface area contributed by atoms with Crippen LogP contribution in [-0.2, 0) is 6.42 Å². The number of hydrogen-bond donors (Lipinski definition) is 2. The average Bonchev–Trinajstić information content (AvgIpc) is 2.61. The van der Waals surface area contributed by atoms with E-state index in [0.29, 0.717) is 11.3 Å². The molecular weight excluding hydrogens is 300 g/mol. The molecule has 0 unspecified atom stereocenters. The standard InChI is InChI=1S/C14H22O.C7H6O2/c1-2-3-4-5-6-7-8-13-9-11-14(15)12-10-13;8-7(9)6-4-2-1-3-5-6/h9-12,15H,2-8H2,1H3;1-5H,(H,8,9). The zero-order valence-electron chi connectivity index (χ0n) is 14.4. The highest BCUT2D eigenvalue weighted by atomic mass is 16.4. The minimum absolute atomic E-state index is 0.331. The van der Waals surface area contributed by atoms with Crippen molar-refractivity contribution in [1.82, 2.24) is 0 Å². The van der Waals surface area contributed by atoms with E-state index in [2.05, 4.69) is 6.92 Å². The molecule has 2 rings (SSSR count). The fourth-order valence-electron chi connectivity index (χ4n) is 2.35. The molecule has 0 aliphatic carbocycles. The Bertz CT molecular complexity index is 561. The van der Waals surface area contributed by atoms with Crippen LogP contribution in [0.5, 0.6) is 5.75 Å². The molecule has 0 atom stereocenters.